The highest BCUT2D eigenvalue weighted by Crippen LogP contribution is 2.42. The largest absolute Gasteiger partial charge is 0.388 e. The normalized spacial score (nSPS) is 21.9. The summed E-state index contributed by atoms with van der Waals surface area (Å²) in [5.74, 6) is 0. The SMILES string of the molecule is Cc1cc2c(n1-c1cnoc1)CC(C)(C)CC2O. The lowest BCUT2D eigenvalue weighted by Gasteiger charge is -2.33. The molecule has 0 bridgehead atoms. The molecule has 0 amide bonds. The second-order valence-electron chi connectivity index (χ2n) is 5.97. The molecule has 2 aromatic rings. The van der Waals surface area contributed by atoms with E-state index in [2.05, 4.69) is 29.6 Å². The van der Waals surface area contributed by atoms with E-state index in [4.69, 9.17) is 4.52 Å². The average molecular weight is 246 g/mol. The van der Waals surface area contributed by atoms with Gasteiger partial charge in [0.25, 0.3) is 0 Å². The third-order valence-electron chi connectivity index (χ3n) is 3.75. The Bertz CT molecular complexity index is 567. The quantitative estimate of drug-likeness (QED) is 0.841. The first-order valence-electron chi connectivity index (χ1n) is 6.27. The van der Waals surface area contributed by atoms with Gasteiger partial charge in [-0.2, -0.15) is 0 Å². The van der Waals surface area contributed by atoms with E-state index in [9.17, 15) is 5.11 Å². The second kappa shape index (κ2) is 3.72. The lowest BCUT2D eigenvalue weighted by molar-refractivity contribution is 0.0987. The molecule has 0 saturated carbocycles. The molecule has 0 aliphatic heterocycles. The van der Waals surface area contributed by atoms with Crippen LogP contribution in [-0.2, 0) is 6.42 Å². The van der Waals surface area contributed by atoms with Crippen LogP contribution in [-0.4, -0.2) is 14.8 Å². The van der Waals surface area contributed by atoms with Crippen molar-refractivity contribution in [1.29, 1.82) is 0 Å². The molecule has 4 heteroatoms. The number of aliphatic hydroxyl groups excluding tert-OH is 1. The zero-order valence-electron chi connectivity index (χ0n) is 11.0. The van der Waals surface area contributed by atoms with Crippen molar-refractivity contribution in [3.8, 4) is 5.69 Å². The van der Waals surface area contributed by atoms with Crippen LogP contribution in [0.1, 0.15) is 43.3 Å². The fourth-order valence-electron chi connectivity index (χ4n) is 3.01. The number of aryl methyl sites for hydroxylation is 1. The molecule has 0 aromatic carbocycles. The van der Waals surface area contributed by atoms with Gasteiger partial charge in [-0.25, -0.2) is 0 Å². The highest BCUT2D eigenvalue weighted by Gasteiger charge is 2.34. The van der Waals surface area contributed by atoms with Gasteiger partial charge >= 0.3 is 0 Å². The summed E-state index contributed by atoms with van der Waals surface area (Å²) in [4.78, 5) is 0. The molecule has 1 aliphatic rings. The number of fused-ring (bicyclic) bond motifs is 1. The fraction of sp³-hybridized carbons (Fsp3) is 0.500. The van der Waals surface area contributed by atoms with E-state index >= 15 is 0 Å². The van der Waals surface area contributed by atoms with Gasteiger partial charge in [0.2, 0.25) is 0 Å². The van der Waals surface area contributed by atoms with Gasteiger partial charge < -0.3 is 14.2 Å². The van der Waals surface area contributed by atoms with E-state index in [-0.39, 0.29) is 11.5 Å². The van der Waals surface area contributed by atoms with Gasteiger partial charge in [0.15, 0.2) is 0 Å². The van der Waals surface area contributed by atoms with Crippen molar-refractivity contribution in [2.75, 3.05) is 0 Å². The Labute approximate surface area is 106 Å². The standard InChI is InChI=1S/C14H18N2O2/c1-9-4-11-12(5-14(2,3)6-13(11)17)16(9)10-7-15-18-8-10/h4,7-8,13,17H,5-6H2,1-3H3. The van der Waals surface area contributed by atoms with Crippen LogP contribution in [0, 0.1) is 12.3 Å². The Kier molecular flexibility index (Phi) is 2.38. The van der Waals surface area contributed by atoms with Crippen molar-refractivity contribution in [3.63, 3.8) is 0 Å². The molecule has 0 spiro atoms. The summed E-state index contributed by atoms with van der Waals surface area (Å²) in [5.41, 5.74) is 4.39. The molecule has 1 atom stereocenters. The van der Waals surface area contributed by atoms with Crippen molar-refractivity contribution in [2.24, 2.45) is 5.41 Å². The highest BCUT2D eigenvalue weighted by atomic mass is 16.5. The van der Waals surface area contributed by atoms with Crippen LogP contribution in [0.3, 0.4) is 0 Å². The summed E-state index contributed by atoms with van der Waals surface area (Å²) in [6.45, 7) is 6.43. The van der Waals surface area contributed by atoms with Crippen molar-refractivity contribution >= 4 is 0 Å². The molecule has 4 nitrogen and oxygen atoms in total. The van der Waals surface area contributed by atoms with Crippen LogP contribution >= 0.6 is 0 Å². The monoisotopic (exact) mass is 246 g/mol. The molecule has 18 heavy (non-hydrogen) atoms. The average Bonchev–Trinajstić information content (AvgIpc) is 2.83. The Morgan fingerprint density at radius 1 is 1.50 bits per heavy atom. The number of rotatable bonds is 1. The second-order valence-corrected chi connectivity index (χ2v) is 5.97. The molecule has 0 saturated heterocycles. The van der Waals surface area contributed by atoms with Crippen molar-refractivity contribution < 1.29 is 9.63 Å². The third kappa shape index (κ3) is 1.68. The minimum absolute atomic E-state index is 0.117. The van der Waals surface area contributed by atoms with Crippen molar-refractivity contribution in [2.45, 2.75) is 39.7 Å². The summed E-state index contributed by atoms with van der Waals surface area (Å²) < 4.78 is 7.06. The van der Waals surface area contributed by atoms with Gasteiger partial charge in [-0.05, 0) is 31.2 Å². The van der Waals surface area contributed by atoms with Gasteiger partial charge in [0.1, 0.15) is 12.0 Å². The van der Waals surface area contributed by atoms with Crippen molar-refractivity contribution in [1.82, 2.24) is 9.72 Å². The third-order valence-corrected chi connectivity index (χ3v) is 3.75. The maximum atomic E-state index is 10.3. The van der Waals surface area contributed by atoms with Crippen LogP contribution in [0.4, 0.5) is 0 Å². The predicted molar refractivity (Wildman–Crippen MR) is 67.6 cm³/mol. The Balaban J connectivity index is 2.18. The molecule has 0 radical (unpaired) electrons. The zero-order chi connectivity index (χ0) is 12.9. The summed E-state index contributed by atoms with van der Waals surface area (Å²) in [6.07, 6.45) is 4.75. The molecule has 1 unspecified atom stereocenters. The lowest BCUT2D eigenvalue weighted by atomic mass is 9.75. The molecule has 0 fully saturated rings. The molecule has 2 aromatic heterocycles. The first-order chi connectivity index (χ1) is 8.48. The Hall–Kier alpha value is -1.55. The maximum Gasteiger partial charge on any atom is 0.147 e. The predicted octanol–water partition coefficient (Wildman–Crippen LogP) is 2.78. The summed E-state index contributed by atoms with van der Waals surface area (Å²) in [5, 5.41) is 14.0. The lowest BCUT2D eigenvalue weighted by Crippen LogP contribution is -2.26. The van der Waals surface area contributed by atoms with E-state index in [1.54, 1.807) is 12.5 Å². The Morgan fingerprint density at radius 3 is 2.94 bits per heavy atom. The number of aliphatic hydroxyl groups is 1. The molecule has 1 N–H and O–H groups in total. The molecule has 3 rings (SSSR count). The summed E-state index contributed by atoms with van der Waals surface area (Å²) in [7, 11) is 0. The van der Waals surface area contributed by atoms with Crippen LogP contribution in [0.15, 0.2) is 23.0 Å². The highest BCUT2D eigenvalue weighted by molar-refractivity contribution is 5.41. The number of hydrogen-bond acceptors (Lipinski definition) is 3. The minimum atomic E-state index is -0.372. The minimum Gasteiger partial charge on any atom is -0.388 e. The number of hydrogen-bond donors (Lipinski definition) is 1. The number of aromatic nitrogens is 2. The van der Waals surface area contributed by atoms with Gasteiger partial charge in [0.05, 0.1) is 12.3 Å². The number of nitrogens with zero attached hydrogens (tertiary/aromatic N) is 2. The van der Waals surface area contributed by atoms with E-state index in [0.717, 1.165) is 29.8 Å². The molecular formula is C14H18N2O2. The van der Waals surface area contributed by atoms with E-state index in [1.165, 1.54) is 5.69 Å². The van der Waals surface area contributed by atoms with Crippen LogP contribution in [0.2, 0.25) is 0 Å². The van der Waals surface area contributed by atoms with Gasteiger partial charge in [-0.1, -0.05) is 19.0 Å². The van der Waals surface area contributed by atoms with E-state index < -0.39 is 0 Å². The first kappa shape index (κ1) is 11.5. The van der Waals surface area contributed by atoms with Crippen LogP contribution < -0.4 is 0 Å². The molecule has 2 heterocycles. The van der Waals surface area contributed by atoms with Gasteiger partial charge in [0, 0.05) is 17.0 Å². The van der Waals surface area contributed by atoms with Crippen LogP contribution in [0.5, 0.6) is 0 Å². The van der Waals surface area contributed by atoms with Crippen molar-refractivity contribution in [3.05, 3.63) is 35.5 Å². The zero-order valence-corrected chi connectivity index (χ0v) is 11.0. The molecular weight excluding hydrogens is 228 g/mol. The first-order valence-corrected chi connectivity index (χ1v) is 6.27. The smallest absolute Gasteiger partial charge is 0.147 e. The maximum absolute atomic E-state index is 10.3. The Morgan fingerprint density at radius 2 is 2.28 bits per heavy atom. The summed E-state index contributed by atoms with van der Waals surface area (Å²) >= 11 is 0. The van der Waals surface area contributed by atoms with E-state index in [0.29, 0.717) is 0 Å². The molecule has 1 aliphatic carbocycles. The summed E-state index contributed by atoms with van der Waals surface area (Å²) in [6, 6.07) is 2.07. The van der Waals surface area contributed by atoms with Gasteiger partial charge in [-0.15, -0.1) is 0 Å². The van der Waals surface area contributed by atoms with Crippen LogP contribution in [0.25, 0.3) is 5.69 Å². The van der Waals surface area contributed by atoms with Gasteiger partial charge in [-0.3, -0.25) is 0 Å². The van der Waals surface area contributed by atoms with E-state index in [1.807, 2.05) is 6.92 Å². The fourth-order valence-corrected chi connectivity index (χ4v) is 3.01. The topological polar surface area (TPSA) is 51.2 Å². The molecule has 96 valence electrons.